The molecule has 1 heterocycles. The van der Waals surface area contributed by atoms with Crippen molar-refractivity contribution in [2.24, 2.45) is 0 Å². The van der Waals surface area contributed by atoms with E-state index in [-0.39, 0.29) is 0 Å². The zero-order valence-corrected chi connectivity index (χ0v) is 12.9. The fourth-order valence-electron chi connectivity index (χ4n) is 1.81. The Kier molecular flexibility index (Phi) is 5.10. The Morgan fingerprint density at radius 2 is 1.90 bits per heavy atom. The van der Waals surface area contributed by atoms with Crippen LogP contribution in [-0.4, -0.2) is 11.5 Å². The van der Waals surface area contributed by atoms with Crippen LogP contribution in [0.25, 0.3) is 0 Å². The number of benzene rings is 1. The van der Waals surface area contributed by atoms with Gasteiger partial charge in [-0.3, -0.25) is 0 Å². The lowest BCUT2D eigenvalue weighted by molar-refractivity contribution is 0.458. The molecule has 0 amide bonds. The second-order valence-electron chi connectivity index (χ2n) is 4.20. The van der Waals surface area contributed by atoms with Gasteiger partial charge >= 0.3 is 0 Å². The third-order valence-electron chi connectivity index (χ3n) is 2.80. The zero-order valence-electron chi connectivity index (χ0n) is 11.4. The van der Waals surface area contributed by atoms with Gasteiger partial charge in [-0.2, -0.15) is 4.98 Å². The van der Waals surface area contributed by atoms with E-state index in [4.69, 9.17) is 27.9 Å². The number of anilines is 1. The summed E-state index contributed by atoms with van der Waals surface area (Å²) in [6.45, 7) is 4.77. The van der Waals surface area contributed by atoms with Crippen LogP contribution >= 0.6 is 23.2 Å². The Labute approximate surface area is 128 Å². The molecule has 0 aliphatic heterocycles. The largest absolute Gasteiger partial charge is 0.437 e. The Balaban J connectivity index is 2.35. The molecule has 1 aromatic carbocycles. The van der Waals surface area contributed by atoms with Gasteiger partial charge in [-0.25, -0.2) is 0 Å². The number of pyridine rings is 1. The van der Waals surface area contributed by atoms with Crippen molar-refractivity contribution >= 4 is 29.0 Å². The van der Waals surface area contributed by atoms with Crippen molar-refractivity contribution < 1.29 is 4.74 Å². The summed E-state index contributed by atoms with van der Waals surface area (Å²) in [6, 6.07) is 9.46. The Hall–Kier alpha value is -1.45. The van der Waals surface area contributed by atoms with E-state index in [1.54, 1.807) is 6.07 Å². The van der Waals surface area contributed by atoms with Crippen molar-refractivity contribution in [1.82, 2.24) is 4.98 Å². The van der Waals surface area contributed by atoms with Crippen LogP contribution in [0.4, 0.5) is 5.82 Å². The Bertz CT molecular complexity index is 602. The topological polar surface area (TPSA) is 34.2 Å². The van der Waals surface area contributed by atoms with Crippen LogP contribution in [0.3, 0.4) is 0 Å². The lowest BCUT2D eigenvalue weighted by atomic mass is 10.1. The highest BCUT2D eigenvalue weighted by atomic mass is 35.5. The number of halogens is 2. The van der Waals surface area contributed by atoms with Gasteiger partial charge in [0.05, 0.1) is 5.02 Å². The molecule has 2 rings (SSSR count). The standard InChI is InChI=1S/C15H16Cl2N2O/c1-3-10-7-5-6-8-13(10)20-15-12(17)9-11(16)14(19-15)18-4-2/h5-9H,3-4H2,1-2H3,(H,18,19). The van der Waals surface area contributed by atoms with Crippen LogP contribution in [0, 0.1) is 0 Å². The molecule has 0 saturated heterocycles. The van der Waals surface area contributed by atoms with Crippen LogP contribution in [0.1, 0.15) is 19.4 Å². The minimum atomic E-state index is 0.355. The maximum Gasteiger partial charge on any atom is 0.240 e. The average Bonchev–Trinajstić information content (AvgIpc) is 2.45. The maximum atomic E-state index is 6.15. The molecule has 0 atom stereocenters. The van der Waals surface area contributed by atoms with Crippen molar-refractivity contribution in [2.75, 3.05) is 11.9 Å². The predicted molar refractivity (Wildman–Crippen MR) is 84.3 cm³/mol. The first-order valence-corrected chi connectivity index (χ1v) is 7.27. The predicted octanol–water partition coefficient (Wildman–Crippen LogP) is 5.17. The number of para-hydroxylation sites is 1. The van der Waals surface area contributed by atoms with Gasteiger partial charge in [-0.05, 0) is 31.0 Å². The minimum absolute atomic E-state index is 0.355. The van der Waals surface area contributed by atoms with Crippen molar-refractivity contribution in [3.8, 4) is 11.6 Å². The molecule has 1 aromatic heterocycles. The second-order valence-corrected chi connectivity index (χ2v) is 5.01. The average molecular weight is 311 g/mol. The van der Waals surface area contributed by atoms with Crippen molar-refractivity contribution in [2.45, 2.75) is 20.3 Å². The van der Waals surface area contributed by atoms with E-state index in [0.29, 0.717) is 21.7 Å². The number of nitrogens with one attached hydrogen (secondary N) is 1. The molecule has 20 heavy (non-hydrogen) atoms. The molecule has 0 fully saturated rings. The van der Waals surface area contributed by atoms with Crippen molar-refractivity contribution in [1.29, 1.82) is 0 Å². The highest BCUT2D eigenvalue weighted by molar-refractivity contribution is 6.36. The molecule has 0 aliphatic rings. The Morgan fingerprint density at radius 1 is 1.15 bits per heavy atom. The van der Waals surface area contributed by atoms with Gasteiger partial charge in [0.25, 0.3) is 0 Å². The normalized spacial score (nSPS) is 10.4. The van der Waals surface area contributed by atoms with Crippen molar-refractivity contribution in [3.63, 3.8) is 0 Å². The fourth-order valence-corrected chi connectivity index (χ4v) is 2.28. The van der Waals surface area contributed by atoms with Crippen LogP contribution in [0.2, 0.25) is 10.0 Å². The summed E-state index contributed by atoms with van der Waals surface area (Å²) in [5.74, 6) is 1.68. The zero-order chi connectivity index (χ0) is 14.5. The summed E-state index contributed by atoms with van der Waals surface area (Å²) in [6.07, 6.45) is 0.876. The lowest BCUT2D eigenvalue weighted by Gasteiger charge is -2.12. The fraction of sp³-hybridized carbons (Fsp3) is 0.267. The van der Waals surface area contributed by atoms with E-state index >= 15 is 0 Å². The molecule has 0 bridgehead atoms. The molecule has 0 spiro atoms. The highest BCUT2D eigenvalue weighted by Crippen LogP contribution is 2.34. The number of hydrogen-bond acceptors (Lipinski definition) is 3. The van der Waals surface area contributed by atoms with E-state index in [9.17, 15) is 0 Å². The summed E-state index contributed by atoms with van der Waals surface area (Å²) < 4.78 is 5.83. The molecule has 0 radical (unpaired) electrons. The molecule has 5 heteroatoms. The SMILES string of the molecule is CCNc1nc(Oc2ccccc2CC)c(Cl)cc1Cl. The summed E-state index contributed by atoms with van der Waals surface area (Å²) in [7, 11) is 0. The molecule has 2 aromatic rings. The highest BCUT2D eigenvalue weighted by Gasteiger charge is 2.12. The van der Waals surface area contributed by atoms with Crippen LogP contribution in [0.5, 0.6) is 11.6 Å². The Morgan fingerprint density at radius 3 is 2.60 bits per heavy atom. The lowest BCUT2D eigenvalue weighted by Crippen LogP contribution is -2.02. The van der Waals surface area contributed by atoms with Gasteiger partial charge in [0.2, 0.25) is 5.88 Å². The molecule has 1 N–H and O–H groups in total. The third kappa shape index (κ3) is 3.35. The summed E-state index contributed by atoms with van der Waals surface area (Å²) in [5.41, 5.74) is 1.10. The van der Waals surface area contributed by atoms with Crippen LogP contribution in [0.15, 0.2) is 30.3 Å². The second kappa shape index (κ2) is 6.82. The number of ether oxygens (including phenoxy) is 1. The molecule has 0 unspecified atom stereocenters. The summed E-state index contributed by atoms with van der Waals surface area (Å²) in [4.78, 5) is 4.34. The third-order valence-corrected chi connectivity index (χ3v) is 3.36. The molecular formula is C15H16Cl2N2O. The first kappa shape index (κ1) is 14.9. The van der Waals surface area contributed by atoms with E-state index in [0.717, 1.165) is 24.3 Å². The monoisotopic (exact) mass is 310 g/mol. The van der Waals surface area contributed by atoms with Gasteiger partial charge in [0.1, 0.15) is 16.6 Å². The van der Waals surface area contributed by atoms with E-state index in [1.807, 2.05) is 31.2 Å². The molecule has 0 saturated carbocycles. The summed E-state index contributed by atoms with van der Waals surface area (Å²) in [5, 5.41) is 3.95. The first-order chi connectivity index (χ1) is 9.65. The molecule has 3 nitrogen and oxygen atoms in total. The molecule has 0 aliphatic carbocycles. The summed E-state index contributed by atoms with van der Waals surface area (Å²) >= 11 is 12.2. The number of aromatic nitrogens is 1. The minimum Gasteiger partial charge on any atom is -0.437 e. The van der Waals surface area contributed by atoms with E-state index < -0.39 is 0 Å². The van der Waals surface area contributed by atoms with Gasteiger partial charge < -0.3 is 10.1 Å². The van der Waals surface area contributed by atoms with Gasteiger partial charge in [0, 0.05) is 6.54 Å². The molecule has 106 valence electrons. The van der Waals surface area contributed by atoms with E-state index in [2.05, 4.69) is 17.2 Å². The first-order valence-electron chi connectivity index (χ1n) is 6.51. The van der Waals surface area contributed by atoms with E-state index in [1.165, 1.54) is 0 Å². The van der Waals surface area contributed by atoms with Crippen molar-refractivity contribution in [3.05, 3.63) is 45.9 Å². The number of rotatable bonds is 5. The van der Waals surface area contributed by atoms with Gasteiger partial charge in [-0.15, -0.1) is 0 Å². The number of hydrogen-bond donors (Lipinski definition) is 1. The van der Waals surface area contributed by atoms with Crippen LogP contribution < -0.4 is 10.1 Å². The van der Waals surface area contributed by atoms with Crippen LogP contribution in [-0.2, 0) is 6.42 Å². The quantitative estimate of drug-likeness (QED) is 0.826. The molecular weight excluding hydrogens is 295 g/mol. The van der Waals surface area contributed by atoms with Gasteiger partial charge in [-0.1, -0.05) is 48.3 Å². The maximum absolute atomic E-state index is 6.15. The smallest absolute Gasteiger partial charge is 0.240 e. The number of aryl methyl sites for hydroxylation is 1. The number of nitrogens with zero attached hydrogens (tertiary/aromatic N) is 1. The van der Waals surface area contributed by atoms with Gasteiger partial charge in [0.15, 0.2) is 0 Å².